The molecule has 1 saturated heterocycles. The Labute approximate surface area is 215 Å². The lowest BCUT2D eigenvalue weighted by molar-refractivity contribution is -0.136. The summed E-state index contributed by atoms with van der Waals surface area (Å²) in [5.41, 5.74) is 3.54. The van der Waals surface area contributed by atoms with Crippen molar-refractivity contribution >= 4 is 11.8 Å². The molecule has 4 rings (SSSR count). The minimum absolute atomic E-state index is 0.0587. The first-order valence-electron chi connectivity index (χ1n) is 13.0. The van der Waals surface area contributed by atoms with E-state index in [0.717, 1.165) is 18.7 Å². The van der Waals surface area contributed by atoms with Gasteiger partial charge in [-0.1, -0.05) is 91.0 Å². The molecule has 0 N–H and O–H groups in total. The monoisotopic (exact) mass is 483 g/mol. The van der Waals surface area contributed by atoms with Crippen LogP contribution in [0.3, 0.4) is 0 Å². The lowest BCUT2D eigenvalue weighted by Crippen LogP contribution is -2.50. The summed E-state index contributed by atoms with van der Waals surface area (Å²) >= 11 is 0. The fourth-order valence-corrected chi connectivity index (χ4v) is 5.03. The Balaban J connectivity index is 1.34. The van der Waals surface area contributed by atoms with E-state index >= 15 is 0 Å². The molecule has 5 heteroatoms. The van der Waals surface area contributed by atoms with Crippen LogP contribution in [0.4, 0.5) is 0 Å². The Morgan fingerprint density at radius 1 is 0.750 bits per heavy atom. The van der Waals surface area contributed by atoms with Crippen molar-refractivity contribution in [2.24, 2.45) is 0 Å². The Kier molecular flexibility index (Phi) is 8.90. The summed E-state index contributed by atoms with van der Waals surface area (Å²) in [6.07, 6.45) is 0.728. The van der Waals surface area contributed by atoms with Crippen molar-refractivity contribution in [3.63, 3.8) is 0 Å². The number of piperazine rings is 1. The van der Waals surface area contributed by atoms with Crippen LogP contribution in [0, 0.1) is 0 Å². The summed E-state index contributed by atoms with van der Waals surface area (Å²) in [6, 6.07) is 31.2. The van der Waals surface area contributed by atoms with Gasteiger partial charge in [0.2, 0.25) is 11.8 Å². The molecular formula is C31H37N3O2. The van der Waals surface area contributed by atoms with E-state index in [1.807, 2.05) is 66.1 Å². The van der Waals surface area contributed by atoms with Crippen LogP contribution in [0.2, 0.25) is 0 Å². The molecule has 0 atom stereocenters. The van der Waals surface area contributed by atoms with Crippen molar-refractivity contribution in [1.82, 2.24) is 14.7 Å². The topological polar surface area (TPSA) is 43.9 Å². The number of carbonyl (C=O) groups is 2. The number of amides is 2. The van der Waals surface area contributed by atoms with Crippen molar-refractivity contribution in [3.8, 4) is 0 Å². The Morgan fingerprint density at radius 3 is 1.75 bits per heavy atom. The molecule has 3 aromatic carbocycles. The number of benzene rings is 3. The predicted octanol–water partition coefficient (Wildman–Crippen LogP) is 4.79. The summed E-state index contributed by atoms with van der Waals surface area (Å²) in [4.78, 5) is 32.3. The first-order chi connectivity index (χ1) is 17.5. The molecule has 0 aromatic heterocycles. The SMILES string of the molecule is CC(C)N(CCC(=O)N1CCN(C(c2ccccc2)c2ccccc2)CC1)C(=O)Cc1ccccc1. The zero-order valence-electron chi connectivity index (χ0n) is 21.4. The van der Waals surface area contributed by atoms with Crippen molar-refractivity contribution < 1.29 is 9.59 Å². The smallest absolute Gasteiger partial charge is 0.227 e. The van der Waals surface area contributed by atoms with Crippen LogP contribution >= 0.6 is 0 Å². The van der Waals surface area contributed by atoms with Gasteiger partial charge < -0.3 is 9.80 Å². The number of rotatable bonds is 9. The highest BCUT2D eigenvalue weighted by atomic mass is 16.2. The van der Waals surface area contributed by atoms with Crippen molar-refractivity contribution in [3.05, 3.63) is 108 Å². The second-order valence-corrected chi connectivity index (χ2v) is 9.73. The van der Waals surface area contributed by atoms with Gasteiger partial charge in [0.25, 0.3) is 0 Å². The zero-order valence-corrected chi connectivity index (χ0v) is 21.4. The van der Waals surface area contributed by atoms with Crippen LogP contribution < -0.4 is 0 Å². The quantitative estimate of drug-likeness (QED) is 0.440. The minimum atomic E-state index is 0.0587. The average molecular weight is 484 g/mol. The van der Waals surface area contributed by atoms with Gasteiger partial charge >= 0.3 is 0 Å². The first-order valence-corrected chi connectivity index (χ1v) is 13.0. The average Bonchev–Trinajstić information content (AvgIpc) is 2.91. The summed E-state index contributed by atoms with van der Waals surface area (Å²) in [6.45, 7) is 7.53. The van der Waals surface area contributed by atoms with Gasteiger partial charge in [-0.2, -0.15) is 0 Å². The van der Waals surface area contributed by atoms with Crippen LogP contribution in [0.15, 0.2) is 91.0 Å². The van der Waals surface area contributed by atoms with Gasteiger partial charge in [-0.15, -0.1) is 0 Å². The number of carbonyl (C=O) groups excluding carboxylic acids is 2. The maximum atomic E-state index is 13.1. The first kappa shape index (κ1) is 25.6. The van der Waals surface area contributed by atoms with E-state index in [1.54, 1.807) is 0 Å². The van der Waals surface area contributed by atoms with Crippen LogP contribution in [0.25, 0.3) is 0 Å². The van der Waals surface area contributed by atoms with E-state index in [0.29, 0.717) is 32.5 Å². The van der Waals surface area contributed by atoms with E-state index < -0.39 is 0 Å². The minimum Gasteiger partial charge on any atom is -0.340 e. The molecule has 1 fully saturated rings. The van der Waals surface area contributed by atoms with Crippen LogP contribution in [-0.4, -0.2) is 65.3 Å². The van der Waals surface area contributed by atoms with Crippen molar-refractivity contribution in [1.29, 1.82) is 0 Å². The molecule has 0 aliphatic carbocycles. The van der Waals surface area contributed by atoms with Gasteiger partial charge in [0.1, 0.15) is 0 Å². The number of nitrogens with zero attached hydrogens (tertiary/aromatic N) is 3. The van der Waals surface area contributed by atoms with Crippen molar-refractivity contribution in [2.45, 2.75) is 38.8 Å². The Morgan fingerprint density at radius 2 is 1.25 bits per heavy atom. The summed E-state index contributed by atoms with van der Waals surface area (Å²) in [7, 11) is 0. The molecule has 188 valence electrons. The molecule has 0 radical (unpaired) electrons. The van der Waals surface area contributed by atoms with E-state index in [1.165, 1.54) is 11.1 Å². The highest BCUT2D eigenvalue weighted by Gasteiger charge is 2.28. The zero-order chi connectivity index (χ0) is 25.3. The maximum Gasteiger partial charge on any atom is 0.227 e. The fourth-order valence-electron chi connectivity index (χ4n) is 5.03. The fraction of sp³-hybridized carbons (Fsp3) is 0.355. The Hall–Kier alpha value is -3.44. The van der Waals surface area contributed by atoms with Crippen LogP contribution in [0.1, 0.15) is 43.0 Å². The third-order valence-corrected chi connectivity index (χ3v) is 6.97. The summed E-state index contributed by atoms with van der Waals surface area (Å²) in [5.74, 6) is 0.200. The molecule has 2 amide bonds. The van der Waals surface area contributed by atoms with Gasteiger partial charge in [-0.25, -0.2) is 0 Å². The lowest BCUT2D eigenvalue weighted by Gasteiger charge is -2.40. The third kappa shape index (κ3) is 6.61. The molecule has 1 aliphatic rings. The molecule has 0 bridgehead atoms. The van der Waals surface area contributed by atoms with Gasteiger partial charge in [0.15, 0.2) is 0 Å². The second kappa shape index (κ2) is 12.5. The molecule has 0 saturated carbocycles. The molecule has 1 heterocycles. The molecule has 1 aliphatic heterocycles. The normalized spacial score (nSPS) is 14.3. The molecule has 3 aromatic rings. The van der Waals surface area contributed by atoms with Gasteiger partial charge in [-0.05, 0) is 30.5 Å². The van der Waals surface area contributed by atoms with E-state index in [4.69, 9.17) is 0 Å². The number of hydrogen-bond acceptors (Lipinski definition) is 3. The molecule has 5 nitrogen and oxygen atoms in total. The molecule has 0 spiro atoms. The lowest BCUT2D eigenvalue weighted by atomic mass is 9.96. The van der Waals surface area contributed by atoms with E-state index in [9.17, 15) is 9.59 Å². The van der Waals surface area contributed by atoms with E-state index in [-0.39, 0.29) is 23.9 Å². The summed E-state index contributed by atoms with van der Waals surface area (Å²) < 4.78 is 0. The second-order valence-electron chi connectivity index (χ2n) is 9.73. The molecule has 36 heavy (non-hydrogen) atoms. The molecular weight excluding hydrogens is 446 g/mol. The predicted molar refractivity (Wildman–Crippen MR) is 144 cm³/mol. The molecule has 0 unspecified atom stereocenters. The van der Waals surface area contributed by atoms with Crippen LogP contribution in [0.5, 0.6) is 0 Å². The van der Waals surface area contributed by atoms with Crippen LogP contribution in [-0.2, 0) is 16.0 Å². The third-order valence-electron chi connectivity index (χ3n) is 6.97. The van der Waals surface area contributed by atoms with Crippen molar-refractivity contribution in [2.75, 3.05) is 32.7 Å². The van der Waals surface area contributed by atoms with Gasteiger partial charge in [0, 0.05) is 45.2 Å². The highest BCUT2D eigenvalue weighted by Crippen LogP contribution is 2.29. The Bertz CT molecular complexity index is 1050. The number of hydrogen-bond donors (Lipinski definition) is 0. The van der Waals surface area contributed by atoms with Gasteiger partial charge in [0.05, 0.1) is 12.5 Å². The van der Waals surface area contributed by atoms with E-state index in [2.05, 4.69) is 53.4 Å². The summed E-state index contributed by atoms with van der Waals surface area (Å²) in [5, 5.41) is 0. The van der Waals surface area contributed by atoms with Gasteiger partial charge in [-0.3, -0.25) is 14.5 Å². The highest BCUT2D eigenvalue weighted by molar-refractivity contribution is 5.81. The maximum absolute atomic E-state index is 13.1. The standard InChI is InChI=1S/C31H37N3O2/c1-25(2)34(30(36)24-26-12-6-3-7-13-26)19-18-29(35)32-20-22-33(23-21-32)31(27-14-8-4-9-15-27)28-16-10-5-11-17-28/h3-17,25,31H,18-24H2,1-2H3. The largest absolute Gasteiger partial charge is 0.340 e.